The van der Waals surface area contributed by atoms with E-state index in [1.807, 2.05) is 11.9 Å². The first-order valence-electron chi connectivity index (χ1n) is 5.21. The molecule has 1 unspecified atom stereocenters. The third-order valence-corrected chi connectivity index (χ3v) is 2.93. The highest BCUT2D eigenvalue weighted by atomic mass is 15.1. The van der Waals surface area contributed by atoms with E-state index in [4.69, 9.17) is 0 Å². The Morgan fingerprint density at radius 1 is 1.07 bits per heavy atom. The van der Waals surface area contributed by atoms with Crippen LogP contribution < -0.4 is 0 Å². The molecule has 0 aliphatic carbocycles. The molecule has 0 aliphatic rings. The van der Waals surface area contributed by atoms with Crippen molar-refractivity contribution in [1.29, 1.82) is 0 Å². The highest BCUT2D eigenvalue weighted by molar-refractivity contribution is 5.86. The molecule has 78 valence electrons. The van der Waals surface area contributed by atoms with Gasteiger partial charge in [0.15, 0.2) is 0 Å². The second-order valence-electron chi connectivity index (χ2n) is 4.00. The maximum atomic E-state index is 3.95. The van der Waals surface area contributed by atoms with Gasteiger partial charge >= 0.3 is 0 Å². The standard InChI is InChI=1S/C14H16N/c1-11(15(2)3)13-10-6-8-12-7-4-5-9-14(12)13/h4-11H,2H2,1,3H3/q-1. The third kappa shape index (κ3) is 1.88. The van der Waals surface area contributed by atoms with Crippen LogP contribution in [-0.4, -0.2) is 11.9 Å². The fraction of sp³-hybridized carbons (Fsp3) is 0.214. The Bertz CT molecular complexity index is 454. The van der Waals surface area contributed by atoms with Crippen LogP contribution >= 0.6 is 0 Å². The third-order valence-electron chi connectivity index (χ3n) is 2.93. The van der Waals surface area contributed by atoms with Gasteiger partial charge in [-0.1, -0.05) is 42.5 Å². The molecule has 2 rings (SSSR count). The summed E-state index contributed by atoms with van der Waals surface area (Å²) in [5.74, 6) is 0. The summed E-state index contributed by atoms with van der Waals surface area (Å²) in [4.78, 5) is 1.99. The van der Waals surface area contributed by atoms with Crippen molar-refractivity contribution in [3.8, 4) is 0 Å². The molecule has 0 N–H and O–H groups in total. The Labute approximate surface area is 91.3 Å². The smallest absolute Gasteiger partial charge is 0.00482 e. The minimum absolute atomic E-state index is 0.344. The van der Waals surface area contributed by atoms with Crippen LogP contribution in [0.15, 0.2) is 42.5 Å². The molecular weight excluding hydrogens is 182 g/mol. The Hall–Kier alpha value is -1.34. The van der Waals surface area contributed by atoms with Gasteiger partial charge in [-0.3, -0.25) is 7.05 Å². The lowest BCUT2D eigenvalue weighted by atomic mass is 9.99. The Balaban J connectivity index is 2.60. The second kappa shape index (κ2) is 4.03. The van der Waals surface area contributed by atoms with Gasteiger partial charge in [0.05, 0.1) is 0 Å². The fourth-order valence-electron chi connectivity index (χ4n) is 1.85. The van der Waals surface area contributed by atoms with Gasteiger partial charge in [-0.25, -0.2) is 0 Å². The molecule has 2 aromatic carbocycles. The molecule has 0 spiro atoms. The quantitative estimate of drug-likeness (QED) is 0.666. The molecule has 0 aromatic heterocycles. The lowest BCUT2D eigenvalue weighted by molar-refractivity contribution is 0.358. The van der Waals surface area contributed by atoms with E-state index in [0.29, 0.717) is 6.04 Å². The van der Waals surface area contributed by atoms with Crippen LogP contribution in [-0.2, 0) is 0 Å². The van der Waals surface area contributed by atoms with Crippen molar-refractivity contribution < 1.29 is 0 Å². The maximum Gasteiger partial charge on any atom is 0.00482 e. The second-order valence-corrected chi connectivity index (χ2v) is 4.00. The maximum absolute atomic E-state index is 3.95. The molecule has 0 saturated carbocycles. The van der Waals surface area contributed by atoms with E-state index in [2.05, 4.69) is 56.4 Å². The van der Waals surface area contributed by atoms with Crippen LogP contribution in [0.4, 0.5) is 0 Å². The molecule has 0 amide bonds. The average Bonchev–Trinajstić information content (AvgIpc) is 2.27. The van der Waals surface area contributed by atoms with Crippen molar-refractivity contribution in [3.63, 3.8) is 0 Å². The van der Waals surface area contributed by atoms with Crippen LogP contribution in [0.25, 0.3) is 10.8 Å². The van der Waals surface area contributed by atoms with Gasteiger partial charge in [-0.15, -0.1) is 0 Å². The molecule has 1 heteroatoms. The molecule has 0 fully saturated rings. The topological polar surface area (TPSA) is 3.24 Å². The zero-order valence-electron chi connectivity index (χ0n) is 9.27. The van der Waals surface area contributed by atoms with Crippen molar-refractivity contribution in [2.24, 2.45) is 0 Å². The zero-order chi connectivity index (χ0) is 10.8. The van der Waals surface area contributed by atoms with Gasteiger partial charge in [0, 0.05) is 6.04 Å². The summed E-state index contributed by atoms with van der Waals surface area (Å²) in [6.45, 7) is 2.18. The van der Waals surface area contributed by atoms with Gasteiger partial charge in [0.2, 0.25) is 0 Å². The van der Waals surface area contributed by atoms with Crippen molar-refractivity contribution in [1.82, 2.24) is 4.90 Å². The predicted octanol–water partition coefficient (Wildman–Crippen LogP) is 3.62. The minimum Gasteiger partial charge on any atom is -0.456 e. The number of benzene rings is 2. The van der Waals surface area contributed by atoms with Crippen LogP contribution in [0.3, 0.4) is 0 Å². The molecule has 0 radical (unpaired) electrons. The molecule has 0 bridgehead atoms. The van der Waals surface area contributed by atoms with E-state index >= 15 is 0 Å². The van der Waals surface area contributed by atoms with E-state index in [0.717, 1.165) is 0 Å². The van der Waals surface area contributed by atoms with Gasteiger partial charge in [0.1, 0.15) is 0 Å². The van der Waals surface area contributed by atoms with E-state index in [1.165, 1.54) is 16.3 Å². The molecule has 0 aliphatic heterocycles. The Morgan fingerprint density at radius 3 is 2.47 bits per heavy atom. The molecule has 1 nitrogen and oxygen atoms in total. The molecule has 0 saturated heterocycles. The average molecular weight is 198 g/mol. The number of rotatable bonds is 2. The van der Waals surface area contributed by atoms with Crippen LogP contribution in [0.1, 0.15) is 18.5 Å². The van der Waals surface area contributed by atoms with Crippen LogP contribution in [0.2, 0.25) is 0 Å². The largest absolute Gasteiger partial charge is 0.456 e. The monoisotopic (exact) mass is 198 g/mol. The van der Waals surface area contributed by atoms with Gasteiger partial charge in [0.25, 0.3) is 0 Å². The van der Waals surface area contributed by atoms with Crippen molar-refractivity contribution in [2.45, 2.75) is 13.0 Å². The summed E-state index contributed by atoms with van der Waals surface area (Å²) < 4.78 is 0. The Morgan fingerprint density at radius 2 is 1.73 bits per heavy atom. The minimum atomic E-state index is 0.344. The summed E-state index contributed by atoms with van der Waals surface area (Å²) in [5.41, 5.74) is 1.34. The highest BCUT2D eigenvalue weighted by Gasteiger charge is 2.07. The summed E-state index contributed by atoms with van der Waals surface area (Å²) in [6, 6.07) is 15.3. The normalized spacial score (nSPS) is 13.3. The molecule has 2 aromatic rings. The van der Waals surface area contributed by atoms with Gasteiger partial charge in [-0.2, -0.15) is 0 Å². The van der Waals surface area contributed by atoms with Crippen LogP contribution in [0, 0.1) is 7.05 Å². The van der Waals surface area contributed by atoms with Gasteiger partial charge < -0.3 is 4.90 Å². The van der Waals surface area contributed by atoms with E-state index < -0.39 is 0 Å². The molecular formula is C14H16N-. The molecule has 0 heterocycles. The molecule has 1 atom stereocenters. The summed E-state index contributed by atoms with van der Waals surface area (Å²) >= 11 is 0. The Kier molecular flexibility index (Phi) is 2.74. The van der Waals surface area contributed by atoms with E-state index in [1.54, 1.807) is 0 Å². The SMILES string of the molecule is [CH2-]N(C)C(C)c1cccc2ccccc12. The number of hydrogen-bond donors (Lipinski definition) is 0. The lowest BCUT2D eigenvalue weighted by Gasteiger charge is -2.28. The van der Waals surface area contributed by atoms with Crippen LogP contribution in [0.5, 0.6) is 0 Å². The number of hydrogen-bond acceptors (Lipinski definition) is 1. The summed E-state index contributed by atoms with van der Waals surface area (Å²) in [7, 11) is 5.96. The summed E-state index contributed by atoms with van der Waals surface area (Å²) in [6.07, 6.45) is 0. The van der Waals surface area contributed by atoms with Gasteiger partial charge in [-0.05, 0) is 30.3 Å². The first kappa shape index (κ1) is 10.2. The lowest BCUT2D eigenvalue weighted by Crippen LogP contribution is -2.14. The van der Waals surface area contributed by atoms with Crippen molar-refractivity contribution in [2.75, 3.05) is 7.05 Å². The first-order valence-corrected chi connectivity index (χ1v) is 5.21. The first-order chi connectivity index (χ1) is 7.20. The summed E-state index contributed by atoms with van der Waals surface area (Å²) in [5, 5.41) is 2.62. The van der Waals surface area contributed by atoms with Crippen molar-refractivity contribution >= 4 is 10.8 Å². The zero-order valence-corrected chi connectivity index (χ0v) is 9.27. The van der Waals surface area contributed by atoms with Crippen molar-refractivity contribution in [3.05, 3.63) is 55.1 Å². The fourth-order valence-corrected chi connectivity index (χ4v) is 1.85. The predicted molar refractivity (Wildman–Crippen MR) is 65.5 cm³/mol. The van der Waals surface area contributed by atoms with E-state index in [9.17, 15) is 0 Å². The van der Waals surface area contributed by atoms with E-state index in [-0.39, 0.29) is 0 Å². The molecule has 15 heavy (non-hydrogen) atoms. The number of nitrogens with zero attached hydrogens (tertiary/aromatic N) is 1. The number of fused-ring (bicyclic) bond motifs is 1. The highest BCUT2D eigenvalue weighted by Crippen LogP contribution is 2.26.